The molecule has 0 aromatic heterocycles. The zero-order chi connectivity index (χ0) is 19.8. The fourth-order valence-electron chi connectivity index (χ4n) is 2.70. The lowest BCUT2D eigenvalue weighted by Crippen LogP contribution is -2.29. The number of carboxylic acids is 1. The molecule has 0 amide bonds. The van der Waals surface area contributed by atoms with E-state index < -0.39 is 5.97 Å². The first-order chi connectivity index (χ1) is 12.9. The zero-order valence-electron chi connectivity index (χ0n) is 15.8. The van der Waals surface area contributed by atoms with Crippen molar-refractivity contribution in [2.45, 2.75) is 25.8 Å². The van der Waals surface area contributed by atoms with Crippen LogP contribution in [0.25, 0.3) is 0 Å². The summed E-state index contributed by atoms with van der Waals surface area (Å²) in [7, 11) is 1.77. The van der Waals surface area contributed by atoms with Crippen LogP contribution >= 0.6 is 11.6 Å². The van der Waals surface area contributed by atoms with Gasteiger partial charge in [-0.15, -0.1) is 0 Å². The Kier molecular flexibility index (Phi) is 7.67. The second kappa shape index (κ2) is 9.97. The first kappa shape index (κ1) is 20.8. The Bertz CT molecular complexity index is 843. The zero-order valence-corrected chi connectivity index (χ0v) is 16.6. The molecule has 0 heterocycles. The van der Waals surface area contributed by atoms with Gasteiger partial charge in [0, 0.05) is 10.6 Å². The van der Waals surface area contributed by atoms with Crippen molar-refractivity contribution in [2.24, 2.45) is 0 Å². The molecule has 27 heavy (non-hydrogen) atoms. The maximum Gasteiger partial charge on any atom is 0.317 e. The molecule has 0 saturated carbocycles. The lowest BCUT2D eigenvalue weighted by Gasteiger charge is -2.24. The molecular weight excluding hydrogens is 358 g/mol. The van der Waals surface area contributed by atoms with Crippen LogP contribution in [0.5, 0.6) is 0 Å². The number of hydrogen-bond donors (Lipinski definition) is 1. The molecule has 0 aliphatic carbocycles. The maximum absolute atomic E-state index is 11.1. The van der Waals surface area contributed by atoms with Gasteiger partial charge in [0.25, 0.3) is 0 Å². The second-order valence-electron chi connectivity index (χ2n) is 6.71. The summed E-state index contributed by atoms with van der Waals surface area (Å²) in [6.45, 7) is 4.25. The van der Waals surface area contributed by atoms with E-state index in [1.165, 1.54) is 5.56 Å². The number of allylic oxidation sites excluding steroid dienone is 1. The monoisotopic (exact) mass is 381 g/mol. The van der Waals surface area contributed by atoms with Crippen molar-refractivity contribution in [3.63, 3.8) is 0 Å². The first-order valence-electron chi connectivity index (χ1n) is 8.82. The number of nitrogens with zero attached hydrogens (tertiary/aromatic N) is 1. The molecule has 2 aromatic rings. The van der Waals surface area contributed by atoms with Crippen LogP contribution in [0.15, 0.2) is 60.7 Å². The lowest BCUT2D eigenvalue weighted by molar-refractivity contribution is -0.138. The van der Waals surface area contributed by atoms with E-state index in [9.17, 15) is 4.79 Å². The number of aliphatic carboxylic acids is 1. The summed E-state index contributed by atoms with van der Waals surface area (Å²) in [5.74, 6) is 5.78. The molecule has 0 aliphatic rings. The number of rotatable bonds is 6. The van der Waals surface area contributed by atoms with Crippen LogP contribution in [0.3, 0.4) is 0 Å². The standard InChI is InChI=1S/C23H24ClNO2/c1-17(2)19-10-8-18(9-11-19)6-4-5-7-22(25(3)16-23(26)27)20-12-14-21(24)15-13-20/h5,7-15,17,22H,16H2,1-3H3,(H,26,27)/b7-5+. The van der Waals surface area contributed by atoms with Gasteiger partial charge in [-0.25, -0.2) is 0 Å². The summed E-state index contributed by atoms with van der Waals surface area (Å²) in [6.07, 6.45) is 3.68. The minimum absolute atomic E-state index is 0.0677. The molecule has 2 rings (SSSR count). The SMILES string of the molecule is CC(C)c1ccc(C#C/C=C/C(c2ccc(Cl)cc2)N(C)CC(=O)O)cc1. The van der Waals surface area contributed by atoms with Gasteiger partial charge in [0.2, 0.25) is 0 Å². The van der Waals surface area contributed by atoms with Crippen molar-refractivity contribution < 1.29 is 9.90 Å². The highest BCUT2D eigenvalue weighted by Crippen LogP contribution is 2.22. The highest BCUT2D eigenvalue weighted by Gasteiger charge is 2.16. The Hall–Kier alpha value is -2.54. The first-order valence-corrected chi connectivity index (χ1v) is 9.20. The van der Waals surface area contributed by atoms with Gasteiger partial charge in [-0.2, -0.15) is 0 Å². The van der Waals surface area contributed by atoms with Gasteiger partial charge in [-0.3, -0.25) is 9.69 Å². The van der Waals surface area contributed by atoms with Gasteiger partial charge in [0.05, 0.1) is 12.6 Å². The predicted molar refractivity (Wildman–Crippen MR) is 111 cm³/mol. The molecule has 1 atom stereocenters. The Morgan fingerprint density at radius 3 is 2.26 bits per heavy atom. The Morgan fingerprint density at radius 2 is 1.70 bits per heavy atom. The van der Waals surface area contributed by atoms with E-state index in [0.717, 1.165) is 11.1 Å². The minimum atomic E-state index is -0.874. The van der Waals surface area contributed by atoms with E-state index in [4.69, 9.17) is 16.7 Å². The topological polar surface area (TPSA) is 40.5 Å². The highest BCUT2D eigenvalue weighted by atomic mass is 35.5. The van der Waals surface area contributed by atoms with Crippen LogP contribution in [0.1, 0.15) is 42.5 Å². The molecule has 1 N–H and O–H groups in total. The third-order valence-corrected chi connectivity index (χ3v) is 4.48. The van der Waals surface area contributed by atoms with E-state index in [-0.39, 0.29) is 12.6 Å². The fourth-order valence-corrected chi connectivity index (χ4v) is 2.83. The fraction of sp³-hybridized carbons (Fsp3) is 0.261. The summed E-state index contributed by atoms with van der Waals surface area (Å²) in [5, 5.41) is 9.74. The van der Waals surface area contributed by atoms with E-state index in [0.29, 0.717) is 10.9 Å². The molecule has 0 spiro atoms. The molecule has 0 bridgehead atoms. The quantitative estimate of drug-likeness (QED) is 0.705. The van der Waals surface area contributed by atoms with Crippen LogP contribution in [-0.2, 0) is 4.79 Å². The van der Waals surface area contributed by atoms with Crippen LogP contribution in [0.4, 0.5) is 0 Å². The van der Waals surface area contributed by atoms with Gasteiger partial charge in [0.15, 0.2) is 0 Å². The third kappa shape index (κ3) is 6.60. The largest absolute Gasteiger partial charge is 0.480 e. The molecule has 0 aliphatic heterocycles. The van der Waals surface area contributed by atoms with Gasteiger partial charge in [-0.1, -0.05) is 67.6 Å². The van der Waals surface area contributed by atoms with Gasteiger partial charge in [0.1, 0.15) is 0 Å². The second-order valence-corrected chi connectivity index (χ2v) is 7.15. The van der Waals surface area contributed by atoms with Gasteiger partial charge in [-0.05, 0) is 54.4 Å². The van der Waals surface area contributed by atoms with E-state index in [2.05, 4.69) is 37.8 Å². The van der Waals surface area contributed by atoms with E-state index in [1.54, 1.807) is 30.2 Å². The summed E-state index contributed by atoms with van der Waals surface area (Å²) in [4.78, 5) is 12.8. The van der Waals surface area contributed by atoms with Crippen molar-refractivity contribution in [1.29, 1.82) is 0 Å². The molecule has 0 saturated heterocycles. The highest BCUT2D eigenvalue weighted by molar-refractivity contribution is 6.30. The average Bonchev–Trinajstić information content (AvgIpc) is 2.62. The molecule has 0 radical (unpaired) electrons. The molecule has 1 unspecified atom stereocenters. The molecule has 140 valence electrons. The van der Waals surface area contributed by atoms with Gasteiger partial charge < -0.3 is 5.11 Å². The molecule has 0 fully saturated rings. The number of benzene rings is 2. The maximum atomic E-state index is 11.1. The van der Waals surface area contributed by atoms with Crippen LogP contribution in [0, 0.1) is 11.8 Å². The van der Waals surface area contributed by atoms with E-state index in [1.807, 2.05) is 30.3 Å². The number of likely N-dealkylation sites (N-methyl/N-ethyl adjacent to an activating group) is 1. The Labute approximate surface area is 166 Å². The third-order valence-electron chi connectivity index (χ3n) is 4.23. The number of halogens is 1. The summed E-state index contributed by atoms with van der Waals surface area (Å²) >= 11 is 5.96. The molecule has 2 aromatic carbocycles. The van der Waals surface area contributed by atoms with Gasteiger partial charge >= 0.3 is 5.97 Å². The van der Waals surface area contributed by atoms with Crippen LogP contribution in [-0.4, -0.2) is 29.6 Å². The normalized spacial score (nSPS) is 12.2. The van der Waals surface area contributed by atoms with Crippen molar-refractivity contribution in [3.8, 4) is 11.8 Å². The average molecular weight is 382 g/mol. The lowest BCUT2D eigenvalue weighted by atomic mass is 10.0. The van der Waals surface area contributed by atoms with Crippen molar-refractivity contribution in [1.82, 2.24) is 4.90 Å². The van der Waals surface area contributed by atoms with Crippen LogP contribution < -0.4 is 0 Å². The predicted octanol–water partition coefficient (Wildman–Crippen LogP) is 5.13. The Morgan fingerprint density at radius 1 is 1.11 bits per heavy atom. The molecule has 4 heteroatoms. The Balaban J connectivity index is 2.17. The van der Waals surface area contributed by atoms with Crippen molar-refractivity contribution in [3.05, 3.63) is 82.4 Å². The number of carboxylic acid groups (broad SMARTS) is 1. The smallest absolute Gasteiger partial charge is 0.317 e. The molecule has 3 nitrogen and oxygen atoms in total. The number of carbonyl (C=O) groups is 1. The van der Waals surface area contributed by atoms with E-state index >= 15 is 0 Å². The summed E-state index contributed by atoms with van der Waals surface area (Å²) in [5.41, 5.74) is 3.20. The molecular formula is C23H24ClNO2. The van der Waals surface area contributed by atoms with Crippen LogP contribution in [0.2, 0.25) is 5.02 Å². The number of hydrogen-bond acceptors (Lipinski definition) is 2. The van der Waals surface area contributed by atoms with Crippen molar-refractivity contribution in [2.75, 3.05) is 13.6 Å². The van der Waals surface area contributed by atoms with Crippen molar-refractivity contribution >= 4 is 17.6 Å². The minimum Gasteiger partial charge on any atom is -0.480 e. The summed E-state index contributed by atoms with van der Waals surface area (Å²) < 4.78 is 0. The summed E-state index contributed by atoms with van der Waals surface area (Å²) in [6, 6.07) is 15.4.